The number of alkyl halides is 3. The van der Waals surface area contributed by atoms with Gasteiger partial charge < -0.3 is 5.11 Å². The number of nitrogens with zero attached hydrogens (tertiary/aromatic N) is 1. The predicted octanol–water partition coefficient (Wildman–Crippen LogP) is 4.02. The van der Waals surface area contributed by atoms with Crippen molar-refractivity contribution in [2.45, 2.75) is 52.1 Å². The summed E-state index contributed by atoms with van der Waals surface area (Å²) in [7, 11) is 0. The van der Waals surface area contributed by atoms with Crippen LogP contribution < -0.4 is 0 Å². The Bertz CT molecular complexity index is 417. The number of aliphatic hydroxyl groups is 1. The Morgan fingerprint density at radius 1 is 1.05 bits per heavy atom. The molecule has 2 nitrogen and oxygen atoms in total. The molecular weight excluding hydrogens is 279 g/mol. The van der Waals surface area contributed by atoms with E-state index in [1.807, 2.05) is 19.9 Å². The maximum atomic E-state index is 12.8. The van der Waals surface area contributed by atoms with Crippen molar-refractivity contribution < 1.29 is 18.3 Å². The number of hydrogen-bond donors (Lipinski definition) is 1. The van der Waals surface area contributed by atoms with E-state index in [0.29, 0.717) is 5.56 Å². The zero-order valence-corrected chi connectivity index (χ0v) is 12.9. The fraction of sp³-hybridized carbons (Fsp3) is 0.625. The lowest BCUT2D eigenvalue weighted by Gasteiger charge is -2.40. The molecule has 0 spiro atoms. The average Bonchev–Trinajstić information content (AvgIpc) is 2.36. The molecule has 0 amide bonds. The van der Waals surface area contributed by atoms with Crippen LogP contribution >= 0.6 is 0 Å². The second-order valence-electron chi connectivity index (χ2n) is 5.97. The van der Waals surface area contributed by atoms with Gasteiger partial charge >= 0.3 is 6.18 Å². The van der Waals surface area contributed by atoms with Gasteiger partial charge in [0, 0.05) is 12.1 Å². The summed E-state index contributed by atoms with van der Waals surface area (Å²) in [4.78, 5) is 1.34. The van der Waals surface area contributed by atoms with E-state index >= 15 is 0 Å². The average molecular weight is 303 g/mol. The van der Waals surface area contributed by atoms with Crippen LogP contribution in [0.2, 0.25) is 0 Å². The van der Waals surface area contributed by atoms with Crippen LogP contribution in [0.3, 0.4) is 0 Å². The van der Waals surface area contributed by atoms with Crippen molar-refractivity contribution in [2.75, 3.05) is 6.54 Å². The standard InChI is InChI=1S/C16H24F3NO/c1-11(2)14(15(21)13-8-6-5-7-9-13)20(12(3)4)10-16(17,18)19/h5-9,11-12,14-15,21H,10H2,1-4H3. The van der Waals surface area contributed by atoms with Gasteiger partial charge in [-0.05, 0) is 25.3 Å². The molecule has 1 rings (SSSR count). The predicted molar refractivity (Wildman–Crippen MR) is 77.9 cm³/mol. The van der Waals surface area contributed by atoms with Crippen LogP contribution in [0.1, 0.15) is 39.4 Å². The Morgan fingerprint density at radius 2 is 1.57 bits per heavy atom. The van der Waals surface area contributed by atoms with E-state index in [0.717, 1.165) is 0 Å². The van der Waals surface area contributed by atoms with Gasteiger partial charge in [0.1, 0.15) is 0 Å². The SMILES string of the molecule is CC(C)C(C(O)c1ccccc1)N(CC(F)(F)F)C(C)C. The molecule has 1 aromatic carbocycles. The van der Waals surface area contributed by atoms with Crippen molar-refractivity contribution in [3.8, 4) is 0 Å². The molecule has 0 aromatic heterocycles. The second-order valence-corrected chi connectivity index (χ2v) is 5.97. The number of aliphatic hydroxyl groups excluding tert-OH is 1. The van der Waals surface area contributed by atoms with Crippen LogP contribution in [-0.4, -0.2) is 34.8 Å². The van der Waals surface area contributed by atoms with Crippen molar-refractivity contribution >= 4 is 0 Å². The van der Waals surface area contributed by atoms with Crippen molar-refractivity contribution in [1.29, 1.82) is 0 Å². The van der Waals surface area contributed by atoms with Crippen LogP contribution in [0.25, 0.3) is 0 Å². The topological polar surface area (TPSA) is 23.5 Å². The Balaban J connectivity index is 3.07. The number of hydrogen-bond acceptors (Lipinski definition) is 2. The summed E-state index contributed by atoms with van der Waals surface area (Å²) < 4.78 is 38.5. The van der Waals surface area contributed by atoms with E-state index in [2.05, 4.69) is 0 Å². The van der Waals surface area contributed by atoms with Crippen LogP contribution in [-0.2, 0) is 0 Å². The van der Waals surface area contributed by atoms with Crippen molar-refractivity contribution in [3.05, 3.63) is 35.9 Å². The van der Waals surface area contributed by atoms with Gasteiger partial charge in [0.05, 0.1) is 12.6 Å². The lowest BCUT2D eigenvalue weighted by molar-refractivity contribution is -0.164. The molecule has 0 aliphatic heterocycles. The van der Waals surface area contributed by atoms with Crippen LogP contribution in [0.5, 0.6) is 0 Å². The first-order valence-electron chi connectivity index (χ1n) is 7.19. The maximum Gasteiger partial charge on any atom is 0.401 e. The molecule has 0 saturated carbocycles. The third-order valence-corrected chi connectivity index (χ3v) is 3.56. The van der Waals surface area contributed by atoms with Crippen LogP contribution in [0.15, 0.2) is 30.3 Å². The highest BCUT2D eigenvalue weighted by molar-refractivity contribution is 5.19. The van der Waals surface area contributed by atoms with E-state index in [1.165, 1.54) is 4.90 Å². The molecule has 0 saturated heterocycles. The maximum absolute atomic E-state index is 12.8. The Hall–Kier alpha value is -1.07. The van der Waals surface area contributed by atoms with Gasteiger partial charge in [0.2, 0.25) is 0 Å². The van der Waals surface area contributed by atoms with Crippen molar-refractivity contribution in [1.82, 2.24) is 4.90 Å². The largest absolute Gasteiger partial charge is 0.401 e. The van der Waals surface area contributed by atoms with E-state index in [4.69, 9.17) is 0 Å². The highest BCUT2D eigenvalue weighted by Gasteiger charge is 2.39. The van der Waals surface area contributed by atoms with Gasteiger partial charge in [-0.1, -0.05) is 44.2 Å². The Labute approximate surface area is 124 Å². The molecule has 5 heteroatoms. The number of benzene rings is 1. The number of rotatable bonds is 6. The summed E-state index contributed by atoms with van der Waals surface area (Å²) in [5.41, 5.74) is 0.643. The molecule has 0 aliphatic carbocycles. The molecule has 21 heavy (non-hydrogen) atoms. The molecule has 1 aromatic rings. The van der Waals surface area contributed by atoms with E-state index in [9.17, 15) is 18.3 Å². The summed E-state index contributed by atoms with van der Waals surface area (Å²) in [6, 6.07) is 7.96. The van der Waals surface area contributed by atoms with Crippen molar-refractivity contribution in [3.63, 3.8) is 0 Å². The summed E-state index contributed by atoms with van der Waals surface area (Å²) in [5.74, 6) is -0.107. The third-order valence-electron chi connectivity index (χ3n) is 3.56. The first-order valence-corrected chi connectivity index (χ1v) is 7.19. The van der Waals surface area contributed by atoms with Crippen LogP contribution in [0, 0.1) is 5.92 Å². The minimum atomic E-state index is -4.28. The summed E-state index contributed by atoms with van der Waals surface area (Å²) in [6.45, 7) is 6.10. The normalized spacial score (nSPS) is 15.8. The van der Waals surface area contributed by atoms with Gasteiger partial charge in [0.25, 0.3) is 0 Å². The zero-order valence-electron chi connectivity index (χ0n) is 12.9. The minimum Gasteiger partial charge on any atom is -0.387 e. The molecule has 0 radical (unpaired) electrons. The summed E-state index contributed by atoms with van der Waals surface area (Å²) >= 11 is 0. The van der Waals surface area contributed by atoms with E-state index in [-0.39, 0.29) is 12.0 Å². The molecule has 120 valence electrons. The lowest BCUT2D eigenvalue weighted by atomic mass is 9.91. The number of halogens is 3. The Kier molecular flexibility index (Phi) is 6.23. The second kappa shape index (κ2) is 7.27. The third kappa shape index (κ3) is 5.32. The molecule has 0 bridgehead atoms. The molecular formula is C16H24F3NO. The highest BCUT2D eigenvalue weighted by atomic mass is 19.4. The van der Waals surface area contributed by atoms with Crippen LogP contribution in [0.4, 0.5) is 13.2 Å². The molecule has 1 N–H and O–H groups in total. The van der Waals surface area contributed by atoms with Gasteiger partial charge in [-0.25, -0.2) is 0 Å². The van der Waals surface area contributed by atoms with Crippen molar-refractivity contribution in [2.24, 2.45) is 5.92 Å². The monoisotopic (exact) mass is 303 g/mol. The van der Waals surface area contributed by atoms with Gasteiger partial charge in [0.15, 0.2) is 0 Å². The van der Waals surface area contributed by atoms with E-state index in [1.54, 1.807) is 38.1 Å². The minimum absolute atomic E-state index is 0.107. The van der Waals surface area contributed by atoms with E-state index < -0.39 is 24.9 Å². The molecule has 0 heterocycles. The zero-order chi connectivity index (χ0) is 16.2. The first kappa shape index (κ1) is 18.0. The van der Waals surface area contributed by atoms with Gasteiger partial charge in [-0.15, -0.1) is 0 Å². The quantitative estimate of drug-likeness (QED) is 0.858. The summed E-state index contributed by atoms with van der Waals surface area (Å²) in [6.07, 6.45) is -5.23. The highest BCUT2D eigenvalue weighted by Crippen LogP contribution is 2.30. The first-order chi connectivity index (χ1) is 9.63. The fourth-order valence-corrected chi connectivity index (χ4v) is 2.62. The molecule has 2 atom stereocenters. The van der Waals surface area contributed by atoms with Gasteiger partial charge in [-0.2, -0.15) is 13.2 Å². The smallest absolute Gasteiger partial charge is 0.387 e. The fourth-order valence-electron chi connectivity index (χ4n) is 2.62. The Morgan fingerprint density at radius 3 is 1.95 bits per heavy atom. The summed E-state index contributed by atoms with van der Waals surface area (Å²) in [5, 5.41) is 10.6. The molecule has 2 unspecified atom stereocenters. The molecule has 0 fully saturated rings. The van der Waals surface area contributed by atoms with Gasteiger partial charge in [-0.3, -0.25) is 4.90 Å². The molecule has 0 aliphatic rings. The lowest BCUT2D eigenvalue weighted by Crippen LogP contribution is -2.50.